The van der Waals surface area contributed by atoms with Crippen molar-refractivity contribution in [2.24, 2.45) is 0 Å². The Kier molecular flexibility index (Phi) is 6.46. The zero-order valence-electron chi connectivity index (χ0n) is 18.3. The lowest BCUT2D eigenvalue weighted by Gasteiger charge is -2.32. The number of aromatic amines is 1. The van der Waals surface area contributed by atoms with E-state index >= 15 is 0 Å². The number of benzene rings is 1. The van der Waals surface area contributed by atoms with Crippen molar-refractivity contribution in [1.82, 2.24) is 10.3 Å². The van der Waals surface area contributed by atoms with Gasteiger partial charge in [0.1, 0.15) is 0 Å². The Morgan fingerprint density at radius 2 is 1.83 bits per heavy atom. The van der Waals surface area contributed by atoms with Crippen LogP contribution in [0.25, 0.3) is 0 Å². The summed E-state index contributed by atoms with van der Waals surface area (Å²) in [6.07, 6.45) is 5.00. The first kappa shape index (κ1) is 21.2. The fourth-order valence-corrected chi connectivity index (χ4v) is 4.58. The zero-order chi connectivity index (χ0) is 21.1. The molecule has 5 nitrogen and oxygen atoms in total. The molecular formula is C24H33N3O2. The number of nitrogens with zero attached hydrogens (tertiary/aromatic N) is 1. The molecule has 1 aromatic carbocycles. The number of pyridine rings is 1. The van der Waals surface area contributed by atoms with Gasteiger partial charge in [0.25, 0.3) is 11.5 Å². The highest BCUT2D eigenvalue weighted by molar-refractivity contribution is 5.97. The predicted molar refractivity (Wildman–Crippen MR) is 119 cm³/mol. The van der Waals surface area contributed by atoms with Crippen LogP contribution in [-0.2, 0) is 6.54 Å². The van der Waals surface area contributed by atoms with Gasteiger partial charge in [0, 0.05) is 41.6 Å². The second-order valence-corrected chi connectivity index (χ2v) is 8.31. The van der Waals surface area contributed by atoms with E-state index in [1.165, 1.54) is 25.7 Å². The Hall–Kier alpha value is -2.56. The number of hydrogen-bond donors (Lipinski definition) is 2. The fraction of sp³-hybridized carbons (Fsp3) is 0.500. The van der Waals surface area contributed by atoms with Crippen LogP contribution in [0.15, 0.2) is 23.0 Å². The molecule has 1 saturated carbocycles. The molecule has 0 spiro atoms. The van der Waals surface area contributed by atoms with E-state index in [0.717, 1.165) is 34.6 Å². The predicted octanol–water partition coefficient (Wildman–Crippen LogP) is 4.31. The quantitative estimate of drug-likeness (QED) is 0.766. The minimum absolute atomic E-state index is 0.130. The molecule has 3 rings (SSSR count). The maximum Gasteiger partial charge on any atom is 0.253 e. The number of H-pyrrole nitrogens is 1. The van der Waals surface area contributed by atoms with Gasteiger partial charge in [-0.05, 0) is 82.3 Å². The van der Waals surface area contributed by atoms with Crippen molar-refractivity contribution in [3.05, 3.63) is 62.1 Å². The molecule has 0 bridgehead atoms. The summed E-state index contributed by atoms with van der Waals surface area (Å²) in [6.45, 7) is 11.2. The molecule has 0 aliphatic heterocycles. The number of aromatic nitrogens is 1. The Morgan fingerprint density at radius 3 is 2.45 bits per heavy atom. The van der Waals surface area contributed by atoms with Crippen LogP contribution in [-0.4, -0.2) is 23.5 Å². The number of hydrogen-bond acceptors (Lipinski definition) is 3. The number of carbonyl (C=O) groups excluding carboxylic acids is 1. The van der Waals surface area contributed by atoms with Gasteiger partial charge in [-0.15, -0.1) is 0 Å². The van der Waals surface area contributed by atoms with E-state index in [1.54, 1.807) is 0 Å². The van der Waals surface area contributed by atoms with Crippen LogP contribution in [0.4, 0.5) is 5.69 Å². The molecule has 0 atom stereocenters. The van der Waals surface area contributed by atoms with E-state index in [4.69, 9.17) is 0 Å². The average molecular weight is 396 g/mol. The molecule has 1 fully saturated rings. The first-order chi connectivity index (χ1) is 13.8. The van der Waals surface area contributed by atoms with Crippen LogP contribution in [0, 0.1) is 27.7 Å². The van der Waals surface area contributed by atoms with Crippen molar-refractivity contribution in [2.75, 3.05) is 11.4 Å². The zero-order valence-corrected chi connectivity index (χ0v) is 18.3. The van der Waals surface area contributed by atoms with E-state index in [0.29, 0.717) is 17.2 Å². The summed E-state index contributed by atoms with van der Waals surface area (Å²) in [5, 5.41) is 2.96. The average Bonchev–Trinajstić information content (AvgIpc) is 3.18. The molecule has 1 aliphatic rings. The first-order valence-corrected chi connectivity index (χ1v) is 10.7. The molecule has 2 N–H and O–H groups in total. The minimum Gasteiger partial charge on any atom is -0.369 e. The van der Waals surface area contributed by atoms with Crippen LogP contribution in [0.5, 0.6) is 0 Å². The van der Waals surface area contributed by atoms with Gasteiger partial charge in [-0.3, -0.25) is 9.59 Å². The summed E-state index contributed by atoms with van der Waals surface area (Å²) in [5.41, 5.74) is 6.14. The minimum atomic E-state index is -0.136. The molecule has 5 heteroatoms. The summed E-state index contributed by atoms with van der Waals surface area (Å²) < 4.78 is 0. The van der Waals surface area contributed by atoms with Crippen LogP contribution in [0.2, 0.25) is 0 Å². The topological polar surface area (TPSA) is 65.2 Å². The Balaban J connectivity index is 1.86. The van der Waals surface area contributed by atoms with Gasteiger partial charge in [-0.1, -0.05) is 12.8 Å². The van der Waals surface area contributed by atoms with E-state index in [9.17, 15) is 9.59 Å². The lowest BCUT2D eigenvalue weighted by atomic mass is 10.00. The molecule has 29 heavy (non-hydrogen) atoms. The lowest BCUT2D eigenvalue weighted by Crippen LogP contribution is -2.34. The molecule has 1 aliphatic carbocycles. The number of nitrogens with one attached hydrogen (secondary N) is 2. The van der Waals surface area contributed by atoms with Gasteiger partial charge in [-0.2, -0.15) is 0 Å². The Bertz CT molecular complexity index is 955. The van der Waals surface area contributed by atoms with E-state index in [1.807, 2.05) is 39.8 Å². The molecule has 1 aromatic heterocycles. The van der Waals surface area contributed by atoms with Crippen LogP contribution >= 0.6 is 0 Å². The van der Waals surface area contributed by atoms with Crippen molar-refractivity contribution >= 4 is 11.6 Å². The summed E-state index contributed by atoms with van der Waals surface area (Å²) in [5.74, 6) is -0.130. The van der Waals surface area contributed by atoms with Gasteiger partial charge < -0.3 is 15.2 Å². The third kappa shape index (κ3) is 4.55. The highest BCUT2D eigenvalue weighted by Gasteiger charge is 2.24. The van der Waals surface area contributed by atoms with Gasteiger partial charge in [0.2, 0.25) is 0 Å². The van der Waals surface area contributed by atoms with Crippen molar-refractivity contribution in [3.63, 3.8) is 0 Å². The number of carbonyl (C=O) groups is 1. The molecule has 1 amide bonds. The van der Waals surface area contributed by atoms with Crippen LogP contribution < -0.4 is 15.8 Å². The normalized spacial score (nSPS) is 14.2. The SMILES string of the molecule is CCN(c1cc(C)cc(C(=O)NCc2c(C)cc(C)[nH]c2=O)c1C)C1CCCC1. The summed E-state index contributed by atoms with van der Waals surface area (Å²) in [7, 11) is 0. The molecular weight excluding hydrogens is 362 g/mol. The molecule has 0 unspecified atom stereocenters. The molecule has 1 heterocycles. The fourth-order valence-electron chi connectivity index (χ4n) is 4.58. The van der Waals surface area contributed by atoms with Gasteiger partial charge in [0.15, 0.2) is 0 Å². The smallest absolute Gasteiger partial charge is 0.253 e. The summed E-state index contributed by atoms with van der Waals surface area (Å²) in [6, 6.07) is 6.64. The lowest BCUT2D eigenvalue weighted by molar-refractivity contribution is 0.0950. The second kappa shape index (κ2) is 8.85. The number of anilines is 1. The van der Waals surface area contributed by atoms with Gasteiger partial charge in [0.05, 0.1) is 0 Å². The van der Waals surface area contributed by atoms with Gasteiger partial charge in [-0.25, -0.2) is 0 Å². The standard InChI is InChI=1S/C24H33N3O2/c1-6-27(19-9-7-8-10-19)22-12-15(2)11-20(18(22)5)23(28)25-14-21-16(3)13-17(4)26-24(21)29/h11-13,19H,6-10,14H2,1-5H3,(H,25,28)(H,26,29). The maximum atomic E-state index is 13.0. The maximum absolute atomic E-state index is 13.0. The third-order valence-corrected chi connectivity index (χ3v) is 6.10. The van der Waals surface area contributed by atoms with Crippen LogP contribution in [0.1, 0.15) is 70.9 Å². The largest absolute Gasteiger partial charge is 0.369 e. The first-order valence-electron chi connectivity index (χ1n) is 10.7. The van der Waals surface area contributed by atoms with Crippen molar-refractivity contribution in [3.8, 4) is 0 Å². The van der Waals surface area contributed by atoms with Crippen molar-refractivity contribution in [2.45, 2.75) is 72.9 Å². The van der Waals surface area contributed by atoms with E-state index in [-0.39, 0.29) is 18.0 Å². The summed E-state index contributed by atoms with van der Waals surface area (Å²) >= 11 is 0. The van der Waals surface area contributed by atoms with Crippen molar-refractivity contribution in [1.29, 1.82) is 0 Å². The van der Waals surface area contributed by atoms with Crippen molar-refractivity contribution < 1.29 is 4.79 Å². The number of aryl methyl sites for hydroxylation is 3. The van der Waals surface area contributed by atoms with E-state index < -0.39 is 0 Å². The highest BCUT2D eigenvalue weighted by Crippen LogP contribution is 2.32. The van der Waals surface area contributed by atoms with Gasteiger partial charge >= 0.3 is 0 Å². The monoisotopic (exact) mass is 395 g/mol. The van der Waals surface area contributed by atoms with E-state index in [2.05, 4.69) is 28.2 Å². The Labute approximate surface area is 173 Å². The van der Waals surface area contributed by atoms with Crippen LogP contribution in [0.3, 0.4) is 0 Å². The number of rotatable bonds is 6. The Morgan fingerprint density at radius 1 is 1.14 bits per heavy atom. The molecule has 2 aromatic rings. The molecule has 0 radical (unpaired) electrons. The second-order valence-electron chi connectivity index (χ2n) is 8.31. The molecule has 0 saturated heterocycles. The third-order valence-electron chi connectivity index (χ3n) is 6.10. The number of amides is 1. The highest BCUT2D eigenvalue weighted by atomic mass is 16.1. The molecule has 156 valence electrons. The summed E-state index contributed by atoms with van der Waals surface area (Å²) in [4.78, 5) is 30.5.